The molecule has 0 spiro atoms. The molecule has 0 aromatic heterocycles. The van der Waals surface area contributed by atoms with E-state index in [2.05, 4.69) is 21.6 Å². The third-order valence-corrected chi connectivity index (χ3v) is 4.79. The minimum absolute atomic E-state index is 0.0405. The Hall–Kier alpha value is -2.24. The van der Waals surface area contributed by atoms with Crippen molar-refractivity contribution in [2.45, 2.75) is 13.3 Å². The number of morpholine rings is 1. The zero-order chi connectivity index (χ0) is 18.4. The van der Waals surface area contributed by atoms with Crippen LogP contribution in [0.1, 0.15) is 12.0 Å². The quantitative estimate of drug-likeness (QED) is 0.805. The van der Waals surface area contributed by atoms with E-state index in [-0.39, 0.29) is 5.91 Å². The molecule has 0 aliphatic carbocycles. The van der Waals surface area contributed by atoms with E-state index in [0.29, 0.717) is 18.0 Å². The van der Waals surface area contributed by atoms with Crippen LogP contribution >= 0.6 is 11.6 Å². The fourth-order valence-corrected chi connectivity index (χ4v) is 3.09. The van der Waals surface area contributed by atoms with Crippen LogP contribution in [0.4, 0.5) is 17.1 Å². The highest BCUT2D eigenvalue weighted by Crippen LogP contribution is 2.26. The number of halogens is 1. The van der Waals surface area contributed by atoms with Gasteiger partial charge in [0.15, 0.2) is 0 Å². The highest BCUT2D eigenvalue weighted by atomic mass is 35.5. The number of benzene rings is 2. The van der Waals surface area contributed by atoms with E-state index in [9.17, 15) is 4.79 Å². The maximum atomic E-state index is 12.2. The molecule has 1 heterocycles. The summed E-state index contributed by atoms with van der Waals surface area (Å²) in [4.78, 5) is 14.5. The van der Waals surface area contributed by atoms with Crippen LogP contribution in [0, 0.1) is 6.92 Å². The molecular formula is C20H24ClN3O2. The summed E-state index contributed by atoms with van der Waals surface area (Å²) in [6, 6.07) is 13.7. The minimum Gasteiger partial charge on any atom is -0.383 e. The summed E-state index contributed by atoms with van der Waals surface area (Å²) < 4.78 is 5.42. The fourth-order valence-electron chi connectivity index (χ4n) is 2.91. The van der Waals surface area contributed by atoms with Crippen molar-refractivity contribution < 1.29 is 9.53 Å². The molecule has 0 radical (unpaired) electrons. The van der Waals surface area contributed by atoms with Crippen LogP contribution in [-0.2, 0) is 9.53 Å². The molecule has 2 aromatic carbocycles. The molecule has 1 amide bonds. The van der Waals surface area contributed by atoms with Crippen molar-refractivity contribution in [1.29, 1.82) is 0 Å². The van der Waals surface area contributed by atoms with Crippen LogP contribution in [0.3, 0.4) is 0 Å². The number of carbonyl (C=O) groups excluding carboxylic acids is 1. The fraction of sp³-hybridized carbons (Fsp3) is 0.350. The van der Waals surface area contributed by atoms with Gasteiger partial charge in [0.05, 0.1) is 24.6 Å². The van der Waals surface area contributed by atoms with Crippen LogP contribution in [0.25, 0.3) is 0 Å². The second-order valence-electron chi connectivity index (χ2n) is 6.31. The average molecular weight is 374 g/mol. The van der Waals surface area contributed by atoms with Crippen molar-refractivity contribution >= 4 is 34.6 Å². The Morgan fingerprint density at radius 3 is 2.73 bits per heavy atom. The average Bonchev–Trinajstić information content (AvgIpc) is 2.66. The van der Waals surface area contributed by atoms with Crippen LogP contribution < -0.4 is 15.5 Å². The highest BCUT2D eigenvalue weighted by molar-refractivity contribution is 6.31. The summed E-state index contributed by atoms with van der Waals surface area (Å²) in [5.41, 5.74) is 3.91. The summed E-state index contributed by atoms with van der Waals surface area (Å²) in [5, 5.41) is 6.92. The molecule has 0 saturated carbocycles. The molecule has 2 aromatic rings. The van der Waals surface area contributed by atoms with E-state index in [1.54, 1.807) is 6.07 Å². The summed E-state index contributed by atoms with van der Waals surface area (Å²) in [6.45, 7) is 5.75. The van der Waals surface area contributed by atoms with Crippen LogP contribution in [0.15, 0.2) is 42.5 Å². The van der Waals surface area contributed by atoms with Crippen molar-refractivity contribution in [3.05, 3.63) is 53.1 Å². The SMILES string of the molecule is Cc1ccc(NC(=O)CCNc2ccccc2N2CCOCC2)cc1Cl. The van der Waals surface area contributed by atoms with E-state index >= 15 is 0 Å². The maximum absolute atomic E-state index is 12.2. The second-order valence-corrected chi connectivity index (χ2v) is 6.71. The first-order valence-electron chi connectivity index (χ1n) is 8.85. The molecule has 1 aliphatic rings. The smallest absolute Gasteiger partial charge is 0.226 e. The Kier molecular flexibility index (Phi) is 6.36. The minimum atomic E-state index is -0.0405. The predicted molar refractivity (Wildman–Crippen MR) is 107 cm³/mol. The molecule has 1 saturated heterocycles. The van der Waals surface area contributed by atoms with E-state index < -0.39 is 0 Å². The number of nitrogens with one attached hydrogen (secondary N) is 2. The summed E-state index contributed by atoms with van der Waals surface area (Å²) in [6.07, 6.45) is 0.378. The van der Waals surface area contributed by atoms with Gasteiger partial charge in [-0.2, -0.15) is 0 Å². The number of para-hydroxylation sites is 2. The monoisotopic (exact) mass is 373 g/mol. The van der Waals surface area contributed by atoms with Crippen molar-refractivity contribution in [2.24, 2.45) is 0 Å². The lowest BCUT2D eigenvalue weighted by Gasteiger charge is -2.30. The third-order valence-electron chi connectivity index (χ3n) is 4.38. The zero-order valence-electron chi connectivity index (χ0n) is 14.9. The molecule has 138 valence electrons. The van der Waals surface area contributed by atoms with Gasteiger partial charge in [-0.1, -0.05) is 29.8 Å². The molecule has 1 aliphatic heterocycles. The van der Waals surface area contributed by atoms with Crippen LogP contribution in [-0.4, -0.2) is 38.8 Å². The molecule has 3 rings (SSSR count). The Labute approximate surface area is 159 Å². The number of amides is 1. The van der Waals surface area contributed by atoms with E-state index in [4.69, 9.17) is 16.3 Å². The standard InChI is InChI=1S/C20H24ClN3O2/c1-15-6-7-16(14-17(15)21)23-20(25)8-9-22-18-4-2-3-5-19(18)24-10-12-26-13-11-24/h2-7,14,22H,8-13H2,1H3,(H,23,25). The molecule has 5 nitrogen and oxygen atoms in total. The van der Waals surface area contributed by atoms with Crippen molar-refractivity contribution in [2.75, 3.05) is 48.4 Å². The van der Waals surface area contributed by atoms with E-state index in [1.807, 2.05) is 37.3 Å². The number of nitrogens with zero attached hydrogens (tertiary/aromatic N) is 1. The summed E-state index contributed by atoms with van der Waals surface area (Å²) in [5.74, 6) is -0.0405. The Morgan fingerprint density at radius 1 is 1.19 bits per heavy atom. The number of carbonyl (C=O) groups is 1. The molecule has 1 fully saturated rings. The number of rotatable bonds is 6. The van der Waals surface area contributed by atoms with Crippen LogP contribution in [0.5, 0.6) is 0 Å². The Bertz CT molecular complexity index is 760. The highest BCUT2D eigenvalue weighted by Gasteiger charge is 2.14. The second kappa shape index (κ2) is 8.92. The lowest BCUT2D eigenvalue weighted by atomic mass is 10.2. The van der Waals surface area contributed by atoms with Gasteiger partial charge >= 0.3 is 0 Å². The number of hydrogen-bond acceptors (Lipinski definition) is 4. The van der Waals surface area contributed by atoms with Crippen molar-refractivity contribution in [3.8, 4) is 0 Å². The molecule has 0 atom stereocenters. The van der Waals surface area contributed by atoms with Gasteiger partial charge in [0, 0.05) is 36.8 Å². The predicted octanol–water partition coefficient (Wildman–Crippen LogP) is 3.93. The lowest BCUT2D eigenvalue weighted by Crippen LogP contribution is -2.36. The normalized spacial score (nSPS) is 14.2. The third kappa shape index (κ3) is 4.90. The van der Waals surface area contributed by atoms with E-state index in [0.717, 1.165) is 48.9 Å². The molecule has 6 heteroatoms. The van der Waals surface area contributed by atoms with E-state index in [1.165, 1.54) is 0 Å². The van der Waals surface area contributed by atoms with Gasteiger partial charge in [0.25, 0.3) is 0 Å². The first-order valence-corrected chi connectivity index (χ1v) is 9.23. The summed E-state index contributed by atoms with van der Waals surface area (Å²) >= 11 is 6.10. The van der Waals surface area contributed by atoms with Gasteiger partial charge in [-0.3, -0.25) is 4.79 Å². The molecular weight excluding hydrogens is 350 g/mol. The van der Waals surface area contributed by atoms with Crippen LogP contribution in [0.2, 0.25) is 5.02 Å². The van der Waals surface area contributed by atoms with Gasteiger partial charge in [0.2, 0.25) is 5.91 Å². The molecule has 0 unspecified atom stereocenters. The van der Waals surface area contributed by atoms with Gasteiger partial charge < -0.3 is 20.3 Å². The number of ether oxygens (including phenoxy) is 1. The molecule has 26 heavy (non-hydrogen) atoms. The summed E-state index contributed by atoms with van der Waals surface area (Å²) in [7, 11) is 0. The first kappa shape index (κ1) is 18.5. The van der Waals surface area contributed by atoms with Gasteiger partial charge in [-0.05, 0) is 36.8 Å². The molecule has 2 N–H and O–H groups in total. The lowest BCUT2D eigenvalue weighted by molar-refractivity contribution is -0.115. The topological polar surface area (TPSA) is 53.6 Å². The first-order chi connectivity index (χ1) is 12.6. The molecule has 0 bridgehead atoms. The largest absolute Gasteiger partial charge is 0.383 e. The van der Waals surface area contributed by atoms with Gasteiger partial charge in [0.1, 0.15) is 0 Å². The number of aryl methyl sites for hydroxylation is 1. The van der Waals surface area contributed by atoms with Gasteiger partial charge in [-0.15, -0.1) is 0 Å². The van der Waals surface area contributed by atoms with Crippen molar-refractivity contribution in [3.63, 3.8) is 0 Å². The maximum Gasteiger partial charge on any atom is 0.226 e. The van der Waals surface area contributed by atoms with Gasteiger partial charge in [-0.25, -0.2) is 0 Å². The van der Waals surface area contributed by atoms with Crippen molar-refractivity contribution in [1.82, 2.24) is 0 Å². The zero-order valence-corrected chi connectivity index (χ0v) is 15.7. The number of anilines is 3. The number of hydrogen-bond donors (Lipinski definition) is 2. The Balaban J connectivity index is 1.53. The Morgan fingerprint density at radius 2 is 1.96 bits per heavy atom.